The van der Waals surface area contributed by atoms with E-state index < -0.39 is 60.5 Å². The molecule has 0 aliphatic carbocycles. The maximum atomic E-state index is 10.3. The fourth-order valence-corrected chi connectivity index (χ4v) is 0.984. The van der Waals surface area contributed by atoms with E-state index in [9.17, 15) is 24.0 Å². The second-order valence-electron chi connectivity index (χ2n) is 4.04. The molecule has 0 fully saturated rings. The van der Waals surface area contributed by atoms with E-state index in [0.29, 0.717) is 0 Å². The minimum atomic E-state index is -2.74. The molecule has 0 saturated heterocycles. The largest absolute Gasteiger partial charge is 2.00 e. The summed E-state index contributed by atoms with van der Waals surface area (Å²) in [4.78, 5) is 50.0. The van der Waals surface area contributed by atoms with Crippen LogP contribution in [-0.2, 0) is 24.0 Å². The first kappa shape index (κ1) is 27.3. The van der Waals surface area contributed by atoms with Crippen LogP contribution in [0.2, 0.25) is 0 Å². The van der Waals surface area contributed by atoms with Crippen molar-refractivity contribution in [2.24, 2.45) is 0 Å². The van der Waals surface area contributed by atoms with Gasteiger partial charge >= 0.3 is 67.6 Å². The van der Waals surface area contributed by atoms with Gasteiger partial charge in [-0.05, 0) is 0 Å². The molecule has 0 spiro atoms. The standard InChI is InChI=1S/C6H8O7.C4H6O6.Ca.2H/c7-3(8)1-6(13,5(11)12)2-4(9)10;5-1(3(7)8)2(6)4(9)10;;;/h13H,1-2H2,(H,7,8)(H,9,10)(H,11,12);1-2,5-6H,(H,7,8)(H,9,10);;;/q;;+2;2*-1. The normalized spacial score (nSPS) is 12.5. The third-order valence-electron chi connectivity index (χ3n) is 2.09. The van der Waals surface area contributed by atoms with Crippen molar-refractivity contribution in [1.82, 2.24) is 0 Å². The second-order valence-corrected chi connectivity index (χ2v) is 4.04. The summed E-state index contributed by atoms with van der Waals surface area (Å²) in [5.41, 5.74) is -2.74. The number of carboxylic acid groups (broad SMARTS) is 5. The molecular formula is C10H16CaO13. The predicted molar refractivity (Wildman–Crippen MR) is 72.4 cm³/mol. The van der Waals surface area contributed by atoms with Crippen molar-refractivity contribution in [2.75, 3.05) is 0 Å². The van der Waals surface area contributed by atoms with Crippen LogP contribution in [0.4, 0.5) is 0 Å². The quantitative estimate of drug-likeness (QED) is 0.189. The van der Waals surface area contributed by atoms with Crippen molar-refractivity contribution in [3.63, 3.8) is 0 Å². The van der Waals surface area contributed by atoms with Crippen molar-refractivity contribution in [3.05, 3.63) is 0 Å². The zero-order valence-corrected chi connectivity index (χ0v) is 14.1. The Kier molecular flexibility index (Phi) is 13.6. The van der Waals surface area contributed by atoms with Crippen molar-refractivity contribution in [2.45, 2.75) is 30.7 Å². The predicted octanol–water partition coefficient (Wildman–Crippen LogP) is -3.53. The van der Waals surface area contributed by atoms with Crippen LogP contribution in [-0.4, -0.2) is 126 Å². The van der Waals surface area contributed by atoms with Crippen LogP contribution in [0, 0.1) is 0 Å². The number of rotatable bonds is 8. The third kappa shape index (κ3) is 11.1. The number of aliphatic carboxylic acids is 5. The van der Waals surface area contributed by atoms with Crippen LogP contribution >= 0.6 is 0 Å². The molecule has 14 heteroatoms. The number of hydrogen-bond donors (Lipinski definition) is 8. The van der Waals surface area contributed by atoms with E-state index in [1.54, 1.807) is 0 Å². The van der Waals surface area contributed by atoms with Crippen molar-refractivity contribution in [1.29, 1.82) is 0 Å². The van der Waals surface area contributed by atoms with Gasteiger partial charge in [0, 0.05) is 0 Å². The summed E-state index contributed by atoms with van der Waals surface area (Å²) < 4.78 is 0. The molecule has 0 heterocycles. The minimum absolute atomic E-state index is 0. The van der Waals surface area contributed by atoms with E-state index in [4.69, 9.17) is 40.9 Å². The molecular weight excluding hydrogens is 368 g/mol. The molecule has 0 rings (SSSR count). The van der Waals surface area contributed by atoms with Crippen LogP contribution in [0.1, 0.15) is 15.7 Å². The van der Waals surface area contributed by atoms with E-state index in [-0.39, 0.29) is 40.6 Å². The van der Waals surface area contributed by atoms with Crippen LogP contribution < -0.4 is 0 Å². The molecule has 136 valence electrons. The fourth-order valence-electron chi connectivity index (χ4n) is 0.984. The number of aliphatic hydroxyl groups excluding tert-OH is 2. The molecule has 0 amide bonds. The van der Waals surface area contributed by atoms with E-state index >= 15 is 0 Å². The summed E-state index contributed by atoms with van der Waals surface area (Å²) in [5.74, 6) is -8.56. The summed E-state index contributed by atoms with van der Waals surface area (Å²) in [6, 6.07) is 0. The van der Waals surface area contributed by atoms with Gasteiger partial charge in [0.05, 0.1) is 12.8 Å². The summed E-state index contributed by atoms with van der Waals surface area (Å²) in [6.07, 6.45) is -6.82. The fraction of sp³-hybridized carbons (Fsp3) is 0.500. The Morgan fingerprint density at radius 3 is 1.12 bits per heavy atom. The van der Waals surface area contributed by atoms with Crippen molar-refractivity contribution in [3.8, 4) is 0 Å². The van der Waals surface area contributed by atoms with Gasteiger partial charge in [0.15, 0.2) is 17.8 Å². The average molecular weight is 384 g/mol. The molecule has 2 atom stereocenters. The maximum absolute atomic E-state index is 10.3. The first-order chi connectivity index (χ1) is 10.2. The number of aliphatic hydroxyl groups is 3. The molecule has 0 saturated carbocycles. The summed E-state index contributed by atoms with van der Waals surface area (Å²) >= 11 is 0. The van der Waals surface area contributed by atoms with Crippen LogP contribution in [0.3, 0.4) is 0 Å². The Bertz CT molecular complexity index is 463. The van der Waals surface area contributed by atoms with E-state index in [1.165, 1.54) is 0 Å². The topological polar surface area (TPSA) is 247 Å². The van der Waals surface area contributed by atoms with Gasteiger partial charge in [0.1, 0.15) is 0 Å². The zero-order valence-electron chi connectivity index (χ0n) is 13.9. The third-order valence-corrected chi connectivity index (χ3v) is 2.09. The summed E-state index contributed by atoms with van der Waals surface area (Å²) in [7, 11) is 0. The summed E-state index contributed by atoms with van der Waals surface area (Å²) in [5, 5.41) is 66.3. The van der Waals surface area contributed by atoms with Gasteiger partial charge in [-0.2, -0.15) is 0 Å². The molecule has 0 aliphatic rings. The van der Waals surface area contributed by atoms with Gasteiger partial charge in [-0.25, -0.2) is 14.4 Å². The van der Waals surface area contributed by atoms with Crippen LogP contribution in [0.15, 0.2) is 0 Å². The number of carbonyl (C=O) groups is 5. The molecule has 0 bridgehead atoms. The molecule has 0 aliphatic heterocycles. The minimum Gasteiger partial charge on any atom is -1.00 e. The molecule has 8 N–H and O–H groups in total. The Hall–Kier alpha value is -1.51. The van der Waals surface area contributed by atoms with E-state index in [1.807, 2.05) is 0 Å². The molecule has 24 heavy (non-hydrogen) atoms. The van der Waals surface area contributed by atoms with Crippen molar-refractivity contribution < 1.29 is 67.7 Å². The van der Waals surface area contributed by atoms with Gasteiger partial charge in [0.25, 0.3) is 0 Å². The first-order valence-corrected chi connectivity index (χ1v) is 5.45. The van der Waals surface area contributed by atoms with Gasteiger partial charge in [0.2, 0.25) is 0 Å². The Morgan fingerprint density at radius 2 is 1.00 bits per heavy atom. The van der Waals surface area contributed by atoms with E-state index in [0.717, 1.165) is 0 Å². The maximum Gasteiger partial charge on any atom is 2.00 e. The Labute approximate surface area is 165 Å². The molecule has 0 radical (unpaired) electrons. The molecule has 0 aromatic heterocycles. The van der Waals surface area contributed by atoms with Crippen LogP contribution in [0.5, 0.6) is 0 Å². The zero-order chi connectivity index (χ0) is 19.0. The summed E-state index contributed by atoms with van der Waals surface area (Å²) in [6.45, 7) is 0. The molecule has 0 aromatic rings. The Balaban J connectivity index is -0.000000104. The average Bonchev–Trinajstić information content (AvgIpc) is 2.35. The van der Waals surface area contributed by atoms with Gasteiger partial charge in [-0.3, -0.25) is 9.59 Å². The van der Waals surface area contributed by atoms with Gasteiger partial charge < -0.3 is 43.7 Å². The van der Waals surface area contributed by atoms with E-state index in [2.05, 4.69) is 0 Å². The number of hydrogen-bond acceptors (Lipinski definition) is 8. The number of carboxylic acids is 5. The second kappa shape index (κ2) is 11.9. The van der Waals surface area contributed by atoms with Crippen molar-refractivity contribution >= 4 is 67.6 Å². The Morgan fingerprint density at radius 1 is 0.750 bits per heavy atom. The molecule has 0 aromatic carbocycles. The molecule has 2 unspecified atom stereocenters. The first-order valence-electron chi connectivity index (χ1n) is 5.45. The smallest absolute Gasteiger partial charge is 1.00 e. The molecule has 13 nitrogen and oxygen atoms in total. The van der Waals surface area contributed by atoms with Crippen LogP contribution in [0.25, 0.3) is 0 Å². The van der Waals surface area contributed by atoms with Gasteiger partial charge in [-0.15, -0.1) is 0 Å². The SMILES string of the molecule is O=C(O)C(O)C(O)C(=O)O.O=C(O)CC(O)(CC(=O)O)C(=O)O.[Ca+2].[H-].[H-]. The van der Waals surface area contributed by atoms with Gasteiger partial charge in [-0.1, -0.05) is 0 Å². The monoisotopic (exact) mass is 384 g/mol.